The Kier molecular flexibility index (Phi) is 5.18. The Morgan fingerprint density at radius 2 is 1.85 bits per heavy atom. The number of halogens is 3. The average molecular weight is 365 g/mol. The molecule has 26 heavy (non-hydrogen) atoms. The molecule has 0 bridgehead atoms. The summed E-state index contributed by atoms with van der Waals surface area (Å²) < 4.78 is 49.3. The SMILES string of the molecule is CCOc1ccccc1C1OCC(=O)N1Cc1ccc(C(F)(F)F)cc1. The quantitative estimate of drug-likeness (QED) is 0.799. The zero-order valence-corrected chi connectivity index (χ0v) is 14.1. The second-order valence-corrected chi connectivity index (χ2v) is 5.85. The summed E-state index contributed by atoms with van der Waals surface area (Å²) >= 11 is 0. The summed E-state index contributed by atoms with van der Waals surface area (Å²) in [7, 11) is 0. The second kappa shape index (κ2) is 7.37. The smallest absolute Gasteiger partial charge is 0.416 e. The lowest BCUT2D eigenvalue weighted by molar-refractivity contribution is -0.137. The molecular weight excluding hydrogens is 347 g/mol. The van der Waals surface area contributed by atoms with Gasteiger partial charge in [-0.3, -0.25) is 4.79 Å². The molecule has 3 rings (SSSR count). The lowest BCUT2D eigenvalue weighted by Crippen LogP contribution is -2.28. The molecule has 0 aliphatic carbocycles. The number of benzene rings is 2. The van der Waals surface area contributed by atoms with Crippen LogP contribution >= 0.6 is 0 Å². The highest BCUT2D eigenvalue weighted by Gasteiger charge is 2.35. The third kappa shape index (κ3) is 3.83. The molecule has 1 atom stereocenters. The van der Waals surface area contributed by atoms with E-state index in [1.165, 1.54) is 17.0 Å². The van der Waals surface area contributed by atoms with Gasteiger partial charge < -0.3 is 14.4 Å². The Morgan fingerprint density at radius 1 is 1.15 bits per heavy atom. The Hall–Kier alpha value is -2.54. The van der Waals surface area contributed by atoms with Crippen LogP contribution in [0.3, 0.4) is 0 Å². The second-order valence-electron chi connectivity index (χ2n) is 5.85. The number of para-hydroxylation sites is 1. The van der Waals surface area contributed by atoms with Gasteiger partial charge in [0.2, 0.25) is 0 Å². The molecule has 0 saturated carbocycles. The lowest BCUT2D eigenvalue weighted by Gasteiger charge is -2.25. The molecule has 1 saturated heterocycles. The van der Waals surface area contributed by atoms with Gasteiger partial charge in [0, 0.05) is 12.1 Å². The molecule has 2 aromatic carbocycles. The van der Waals surface area contributed by atoms with Crippen molar-refractivity contribution in [1.82, 2.24) is 4.90 Å². The van der Waals surface area contributed by atoms with Crippen molar-refractivity contribution in [3.8, 4) is 5.75 Å². The van der Waals surface area contributed by atoms with Crippen molar-refractivity contribution in [1.29, 1.82) is 0 Å². The van der Waals surface area contributed by atoms with E-state index < -0.39 is 18.0 Å². The van der Waals surface area contributed by atoms with Gasteiger partial charge in [0.1, 0.15) is 12.4 Å². The average Bonchev–Trinajstić information content (AvgIpc) is 2.96. The van der Waals surface area contributed by atoms with Crippen LogP contribution < -0.4 is 4.74 Å². The van der Waals surface area contributed by atoms with Crippen LogP contribution in [-0.2, 0) is 22.3 Å². The molecule has 1 amide bonds. The Bertz CT molecular complexity index is 774. The maximum atomic E-state index is 12.7. The number of nitrogens with zero attached hydrogens (tertiary/aromatic N) is 1. The summed E-state index contributed by atoms with van der Waals surface area (Å²) in [6.45, 7) is 2.40. The van der Waals surface area contributed by atoms with Gasteiger partial charge in [0.05, 0.1) is 12.2 Å². The van der Waals surface area contributed by atoms with E-state index in [1.807, 2.05) is 25.1 Å². The largest absolute Gasteiger partial charge is 0.493 e. The van der Waals surface area contributed by atoms with E-state index in [1.54, 1.807) is 6.07 Å². The number of amides is 1. The van der Waals surface area contributed by atoms with E-state index in [0.29, 0.717) is 23.5 Å². The summed E-state index contributed by atoms with van der Waals surface area (Å²) in [5, 5.41) is 0. The van der Waals surface area contributed by atoms with Crippen LogP contribution in [0.5, 0.6) is 5.75 Å². The van der Waals surface area contributed by atoms with Crippen LogP contribution in [0.4, 0.5) is 13.2 Å². The van der Waals surface area contributed by atoms with Crippen LogP contribution in [0.15, 0.2) is 48.5 Å². The van der Waals surface area contributed by atoms with Crippen molar-refractivity contribution in [3.63, 3.8) is 0 Å². The van der Waals surface area contributed by atoms with E-state index in [-0.39, 0.29) is 19.1 Å². The first-order valence-corrected chi connectivity index (χ1v) is 8.19. The van der Waals surface area contributed by atoms with Crippen molar-refractivity contribution >= 4 is 5.91 Å². The highest BCUT2D eigenvalue weighted by atomic mass is 19.4. The summed E-state index contributed by atoms with van der Waals surface area (Å²) in [6, 6.07) is 12.0. The first kappa shape index (κ1) is 18.3. The molecule has 7 heteroatoms. The normalized spacial score (nSPS) is 17.6. The van der Waals surface area contributed by atoms with E-state index in [2.05, 4.69) is 0 Å². The summed E-state index contributed by atoms with van der Waals surface area (Å²) in [5.41, 5.74) is 0.589. The van der Waals surface area contributed by atoms with Crippen molar-refractivity contribution in [2.75, 3.05) is 13.2 Å². The number of carbonyl (C=O) groups is 1. The minimum Gasteiger partial charge on any atom is -0.493 e. The van der Waals surface area contributed by atoms with Gasteiger partial charge in [0.25, 0.3) is 5.91 Å². The van der Waals surface area contributed by atoms with Crippen LogP contribution in [0.2, 0.25) is 0 Å². The number of ether oxygens (including phenoxy) is 2. The van der Waals surface area contributed by atoms with Crippen LogP contribution in [0.25, 0.3) is 0 Å². The number of hydrogen-bond acceptors (Lipinski definition) is 3. The fourth-order valence-electron chi connectivity index (χ4n) is 2.85. The summed E-state index contributed by atoms with van der Waals surface area (Å²) in [6.07, 6.45) is -5.02. The van der Waals surface area contributed by atoms with Crippen LogP contribution in [0.1, 0.15) is 29.8 Å². The third-order valence-electron chi connectivity index (χ3n) is 4.09. The van der Waals surface area contributed by atoms with E-state index in [0.717, 1.165) is 12.1 Å². The predicted molar refractivity (Wildman–Crippen MR) is 88.3 cm³/mol. The van der Waals surface area contributed by atoms with Gasteiger partial charge in [-0.05, 0) is 30.7 Å². The molecule has 1 aliphatic heterocycles. The number of hydrogen-bond donors (Lipinski definition) is 0. The molecule has 1 fully saturated rings. The molecular formula is C19H18F3NO3. The zero-order valence-electron chi connectivity index (χ0n) is 14.1. The van der Waals surface area contributed by atoms with Gasteiger partial charge in [-0.25, -0.2) is 0 Å². The maximum absolute atomic E-state index is 12.7. The van der Waals surface area contributed by atoms with E-state index in [4.69, 9.17) is 9.47 Å². The predicted octanol–water partition coefficient (Wildman–Crippen LogP) is 4.16. The highest BCUT2D eigenvalue weighted by molar-refractivity contribution is 5.79. The van der Waals surface area contributed by atoms with Crippen molar-refractivity contribution < 1.29 is 27.4 Å². The molecule has 2 aromatic rings. The summed E-state index contributed by atoms with van der Waals surface area (Å²) in [4.78, 5) is 13.7. The standard InChI is InChI=1S/C19H18F3NO3/c1-2-25-16-6-4-3-5-15(16)18-23(17(24)12-26-18)11-13-7-9-14(10-8-13)19(20,21)22/h3-10,18H,2,11-12H2,1H3. The molecule has 1 aliphatic rings. The fourth-order valence-corrected chi connectivity index (χ4v) is 2.85. The molecule has 0 N–H and O–H groups in total. The number of alkyl halides is 3. The van der Waals surface area contributed by atoms with Crippen molar-refractivity contribution in [3.05, 3.63) is 65.2 Å². The van der Waals surface area contributed by atoms with Gasteiger partial charge in [-0.2, -0.15) is 13.2 Å². The molecule has 0 spiro atoms. The zero-order chi connectivity index (χ0) is 18.7. The van der Waals surface area contributed by atoms with Gasteiger partial charge in [-0.15, -0.1) is 0 Å². The van der Waals surface area contributed by atoms with Crippen LogP contribution in [0, 0.1) is 0 Å². The third-order valence-corrected chi connectivity index (χ3v) is 4.09. The first-order chi connectivity index (χ1) is 12.4. The van der Waals surface area contributed by atoms with Crippen LogP contribution in [-0.4, -0.2) is 24.0 Å². The van der Waals surface area contributed by atoms with Gasteiger partial charge in [0.15, 0.2) is 6.23 Å². The maximum Gasteiger partial charge on any atom is 0.416 e. The molecule has 1 unspecified atom stereocenters. The summed E-state index contributed by atoms with van der Waals surface area (Å²) in [5.74, 6) is 0.397. The lowest BCUT2D eigenvalue weighted by atomic mass is 10.1. The molecule has 1 heterocycles. The van der Waals surface area contributed by atoms with E-state index in [9.17, 15) is 18.0 Å². The Morgan fingerprint density at radius 3 is 2.50 bits per heavy atom. The highest BCUT2D eigenvalue weighted by Crippen LogP contribution is 2.35. The molecule has 0 radical (unpaired) electrons. The molecule has 0 aromatic heterocycles. The monoisotopic (exact) mass is 365 g/mol. The Labute approximate surface area is 149 Å². The molecule has 138 valence electrons. The topological polar surface area (TPSA) is 38.8 Å². The fraction of sp³-hybridized carbons (Fsp3) is 0.316. The van der Waals surface area contributed by atoms with Crippen molar-refractivity contribution in [2.24, 2.45) is 0 Å². The minimum atomic E-state index is -4.38. The molecule has 4 nitrogen and oxygen atoms in total. The van der Waals surface area contributed by atoms with Crippen molar-refractivity contribution in [2.45, 2.75) is 25.9 Å². The van der Waals surface area contributed by atoms with E-state index >= 15 is 0 Å². The van der Waals surface area contributed by atoms with Gasteiger partial charge in [-0.1, -0.05) is 30.3 Å². The van der Waals surface area contributed by atoms with Gasteiger partial charge >= 0.3 is 6.18 Å². The first-order valence-electron chi connectivity index (χ1n) is 8.19. The Balaban J connectivity index is 1.83. The number of carbonyl (C=O) groups excluding carboxylic acids is 1. The minimum absolute atomic E-state index is 0.0776. The number of rotatable bonds is 5.